The molecule has 19 heavy (non-hydrogen) atoms. The molecule has 0 saturated carbocycles. The van der Waals surface area contributed by atoms with Crippen molar-refractivity contribution in [2.24, 2.45) is 7.05 Å². The minimum Gasteiger partial charge on any atom is -0.388 e. The first-order valence-electron chi connectivity index (χ1n) is 5.67. The molecular formula is C12H14N4O2S. The largest absolute Gasteiger partial charge is 0.388 e. The van der Waals surface area contributed by atoms with Gasteiger partial charge in [0.25, 0.3) is 5.69 Å². The number of nitrogens with one attached hydrogen (secondary N) is 1. The Bertz CT molecular complexity index is 597. The van der Waals surface area contributed by atoms with Crippen molar-refractivity contribution in [1.82, 2.24) is 9.55 Å². The fourth-order valence-corrected chi connectivity index (χ4v) is 2.61. The topological polar surface area (TPSA) is 73.0 Å². The lowest BCUT2D eigenvalue weighted by Gasteiger charge is -2.08. The number of hydrogen-bond donors (Lipinski definition) is 1. The molecule has 7 heteroatoms. The fourth-order valence-electron chi connectivity index (χ4n) is 1.69. The monoisotopic (exact) mass is 278 g/mol. The highest BCUT2D eigenvalue weighted by molar-refractivity contribution is 7.98. The first-order valence-corrected chi connectivity index (χ1v) is 6.65. The Morgan fingerprint density at radius 1 is 1.53 bits per heavy atom. The second kappa shape index (κ2) is 5.75. The second-order valence-corrected chi connectivity index (χ2v) is 4.90. The number of non-ortho nitro benzene ring substituents is 1. The van der Waals surface area contributed by atoms with E-state index in [1.807, 2.05) is 17.8 Å². The predicted octanol–water partition coefficient (Wildman–Crippen LogP) is 2.66. The van der Waals surface area contributed by atoms with Crippen LogP contribution in [-0.2, 0) is 12.8 Å². The summed E-state index contributed by atoms with van der Waals surface area (Å²) in [6, 6.07) is 4.83. The van der Waals surface area contributed by atoms with Gasteiger partial charge in [-0.05, 0) is 11.6 Å². The molecule has 1 heterocycles. The fraction of sp³-hybridized carbons (Fsp3) is 0.250. The summed E-state index contributed by atoms with van der Waals surface area (Å²) in [6.45, 7) is 0. The number of aryl methyl sites for hydroxylation is 1. The van der Waals surface area contributed by atoms with E-state index in [-0.39, 0.29) is 10.6 Å². The van der Waals surface area contributed by atoms with Crippen LogP contribution in [0.5, 0.6) is 0 Å². The summed E-state index contributed by atoms with van der Waals surface area (Å²) < 4.78 is 1.92. The third-order valence-corrected chi connectivity index (χ3v) is 3.81. The molecule has 100 valence electrons. The van der Waals surface area contributed by atoms with Crippen molar-refractivity contribution in [3.8, 4) is 0 Å². The Morgan fingerprint density at radius 2 is 2.32 bits per heavy atom. The lowest BCUT2D eigenvalue weighted by molar-refractivity contribution is -0.384. The van der Waals surface area contributed by atoms with Crippen LogP contribution in [0.25, 0.3) is 0 Å². The molecular weight excluding hydrogens is 264 g/mol. The third kappa shape index (κ3) is 3.05. The van der Waals surface area contributed by atoms with Gasteiger partial charge in [0, 0.05) is 50.1 Å². The molecule has 6 nitrogen and oxygen atoms in total. The molecule has 0 bridgehead atoms. The molecule has 0 atom stereocenters. The molecule has 1 aromatic carbocycles. The predicted molar refractivity (Wildman–Crippen MR) is 75.4 cm³/mol. The first kappa shape index (κ1) is 13.4. The number of anilines is 1. The molecule has 0 unspecified atom stereocenters. The van der Waals surface area contributed by atoms with Gasteiger partial charge < -0.3 is 9.88 Å². The van der Waals surface area contributed by atoms with Crippen molar-refractivity contribution in [2.45, 2.75) is 10.9 Å². The summed E-state index contributed by atoms with van der Waals surface area (Å²) in [5.74, 6) is 0.628. The smallest absolute Gasteiger partial charge is 0.269 e. The molecule has 0 saturated heterocycles. The highest BCUT2D eigenvalue weighted by Gasteiger charge is 2.11. The Hall–Kier alpha value is -2.02. The van der Waals surface area contributed by atoms with Crippen LogP contribution >= 0.6 is 11.8 Å². The maximum Gasteiger partial charge on any atom is 0.269 e. The van der Waals surface area contributed by atoms with Gasteiger partial charge in [0.1, 0.15) is 0 Å². The Balaban J connectivity index is 2.20. The maximum atomic E-state index is 10.8. The molecule has 0 spiro atoms. The van der Waals surface area contributed by atoms with Gasteiger partial charge in [-0.25, -0.2) is 4.98 Å². The summed E-state index contributed by atoms with van der Waals surface area (Å²) in [5.41, 5.74) is 1.89. The van der Waals surface area contributed by atoms with Gasteiger partial charge in [0.2, 0.25) is 0 Å². The van der Waals surface area contributed by atoms with E-state index < -0.39 is 0 Å². The van der Waals surface area contributed by atoms with Crippen LogP contribution in [0.4, 0.5) is 11.4 Å². The van der Waals surface area contributed by atoms with E-state index >= 15 is 0 Å². The minimum absolute atomic E-state index is 0.106. The van der Waals surface area contributed by atoms with E-state index in [1.165, 1.54) is 6.07 Å². The Labute approximate surface area is 115 Å². The third-order valence-electron chi connectivity index (χ3n) is 2.70. The van der Waals surface area contributed by atoms with Gasteiger partial charge in [-0.15, -0.1) is 0 Å². The van der Waals surface area contributed by atoms with Gasteiger partial charge in [0.05, 0.1) is 4.92 Å². The second-order valence-electron chi connectivity index (χ2n) is 3.96. The lowest BCUT2D eigenvalue weighted by Crippen LogP contribution is -1.97. The summed E-state index contributed by atoms with van der Waals surface area (Å²) >= 11 is 1.55. The van der Waals surface area contributed by atoms with Gasteiger partial charge in [-0.1, -0.05) is 11.8 Å². The highest BCUT2D eigenvalue weighted by atomic mass is 32.2. The maximum absolute atomic E-state index is 10.8. The van der Waals surface area contributed by atoms with E-state index in [0.29, 0.717) is 5.75 Å². The van der Waals surface area contributed by atoms with Crippen molar-refractivity contribution < 1.29 is 4.92 Å². The van der Waals surface area contributed by atoms with Gasteiger partial charge in [0.15, 0.2) is 5.16 Å². The van der Waals surface area contributed by atoms with Gasteiger partial charge in [-0.2, -0.15) is 0 Å². The molecule has 1 N–H and O–H groups in total. The number of nitro groups is 1. The SMILES string of the molecule is CNc1ccc([N+](=O)[O-])cc1CSc1nccn1C. The van der Waals surface area contributed by atoms with E-state index in [0.717, 1.165) is 16.4 Å². The molecule has 0 fully saturated rings. The van der Waals surface area contributed by atoms with E-state index in [1.54, 1.807) is 37.1 Å². The van der Waals surface area contributed by atoms with Crippen LogP contribution in [0.1, 0.15) is 5.56 Å². The number of thioether (sulfide) groups is 1. The zero-order valence-corrected chi connectivity index (χ0v) is 11.5. The van der Waals surface area contributed by atoms with Crippen molar-refractivity contribution in [2.75, 3.05) is 12.4 Å². The number of imidazole rings is 1. The molecule has 1 aromatic heterocycles. The number of benzene rings is 1. The average molecular weight is 278 g/mol. The number of hydrogen-bond acceptors (Lipinski definition) is 5. The van der Waals surface area contributed by atoms with Crippen molar-refractivity contribution in [3.63, 3.8) is 0 Å². The normalized spacial score (nSPS) is 10.4. The Kier molecular flexibility index (Phi) is 4.06. The van der Waals surface area contributed by atoms with Crippen molar-refractivity contribution >= 4 is 23.1 Å². The lowest BCUT2D eigenvalue weighted by atomic mass is 10.2. The van der Waals surface area contributed by atoms with Crippen LogP contribution in [-0.4, -0.2) is 21.5 Å². The number of aromatic nitrogens is 2. The van der Waals surface area contributed by atoms with E-state index in [2.05, 4.69) is 10.3 Å². The van der Waals surface area contributed by atoms with Crippen molar-refractivity contribution in [1.29, 1.82) is 0 Å². The van der Waals surface area contributed by atoms with Crippen molar-refractivity contribution in [3.05, 3.63) is 46.3 Å². The molecule has 0 radical (unpaired) electrons. The highest BCUT2D eigenvalue weighted by Crippen LogP contribution is 2.28. The average Bonchev–Trinajstić information content (AvgIpc) is 2.81. The first-order chi connectivity index (χ1) is 9.11. The molecule has 0 aliphatic carbocycles. The van der Waals surface area contributed by atoms with Crippen LogP contribution < -0.4 is 5.32 Å². The molecule has 2 rings (SSSR count). The van der Waals surface area contributed by atoms with Gasteiger partial charge in [-0.3, -0.25) is 10.1 Å². The molecule has 2 aromatic rings. The van der Waals surface area contributed by atoms with Crippen LogP contribution in [0, 0.1) is 10.1 Å². The zero-order valence-electron chi connectivity index (χ0n) is 10.7. The number of nitrogens with zero attached hydrogens (tertiary/aromatic N) is 3. The standard InChI is InChI=1S/C12H14N4O2S/c1-13-11-4-3-10(16(17)18)7-9(11)8-19-12-14-5-6-15(12)2/h3-7,13H,8H2,1-2H3. The summed E-state index contributed by atoms with van der Waals surface area (Å²) in [4.78, 5) is 14.6. The van der Waals surface area contributed by atoms with E-state index in [9.17, 15) is 10.1 Å². The molecule has 0 aliphatic rings. The number of nitro benzene ring substituents is 1. The van der Waals surface area contributed by atoms with Crippen LogP contribution in [0.2, 0.25) is 0 Å². The molecule has 0 aliphatic heterocycles. The van der Waals surface area contributed by atoms with Crippen LogP contribution in [0.3, 0.4) is 0 Å². The minimum atomic E-state index is -0.381. The zero-order chi connectivity index (χ0) is 13.8. The van der Waals surface area contributed by atoms with Crippen LogP contribution in [0.15, 0.2) is 35.7 Å². The summed E-state index contributed by atoms with van der Waals surface area (Å²) in [5, 5.41) is 14.7. The molecule has 0 amide bonds. The summed E-state index contributed by atoms with van der Waals surface area (Å²) in [6.07, 6.45) is 3.60. The van der Waals surface area contributed by atoms with Gasteiger partial charge >= 0.3 is 0 Å². The summed E-state index contributed by atoms with van der Waals surface area (Å²) in [7, 11) is 3.72. The number of rotatable bonds is 5. The Morgan fingerprint density at radius 3 is 2.89 bits per heavy atom. The quantitative estimate of drug-likeness (QED) is 0.517. The van der Waals surface area contributed by atoms with E-state index in [4.69, 9.17) is 0 Å².